The van der Waals surface area contributed by atoms with E-state index >= 15 is 0 Å². The van der Waals surface area contributed by atoms with Crippen molar-refractivity contribution in [3.8, 4) is 5.75 Å². The number of carbonyl (C=O) groups is 1. The van der Waals surface area contributed by atoms with Gasteiger partial charge < -0.3 is 9.47 Å². The lowest BCUT2D eigenvalue weighted by molar-refractivity contribution is 0.0998. The summed E-state index contributed by atoms with van der Waals surface area (Å²) in [5.41, 5.74) is 4.16. The molecule has 0 aliphatic carbocycles. The zero-order valence-electron chi connectivity index (χ0n) is 16.1. The molecule has 1 amide bonds. The lowest BCUT2D eigenvalue weighted by Crippen LogP contribution is -2.27. The highest BCUT2D eigenvalue weighted by Crippen LogP contribution is 2.31. The van der Waals surface area contributed by atoms with E-state index in [-0.39, 0.29) is 12.0 Å². The van der Waals surface area contributed by atoms with Gasteiger partial charge in [-0.05, 0) is 61.4 Å². The first-order valence-electron chi connectivity index (χ1n) is 9.43. The summed E-state index contributed by atoms with van der Waals surface area (Å²) in [7, 11) is 0. The lowest BCUT2D eigenvalue weighted by Gasteiger charge is -2.25. The maximum Gasteiger partial charge on any atom is 0.263 e. The third kappa shape index (κ3) is 3.92. The summed E-state index contributed by atoms with van der Waals surface area (Å²) in [6.07, 6.45) is 0.202. The van der Waals surface area contributed by atoms with Crippen LogP contribution in [0.1, 0.15) is 21.5 Å². The van der Waals surface area contributed by atoms with Crippen LogP contribution in [0.3, 0.4) is 0 Å². The van der Waals surface area contributed by atoms with Crippen molar-refractivity contribution in [1.29, 1.82) is 0 Å². The molecule has 28 heavy (non-hydrogen) atoms. The number of rotatable bonds is 6. The first kappa shape index (κ1) is 18.3. The Morgan fingerprint density at radius 2 is 1.46 bits per heavy atom. The van der Waals surface area contributed by atoms with Crippen LogP contribution in [0.15, 0.2) is 72.8 Å². The Morgan fingerprint density at radius 1 is 0.964 bits per heavy atom. The van der Waals surface area contributed by atoms with Gasteiger partial charge in [-0.2, -0.15) is 0 Å². The van der Waals surface area contributed by atoms with Crippen LogP contribution in [0.25, 0.3) is 0 Å². The van der Waals surface area contributed by atoms with Gasteiger partial charge in [0.1, 0.15) is 18.5 Å². The molecule has 1 heterocycles. The van der Waals surface area contributed by atoms with Gasteiger partial charge in [0, 0.05) is 16.9 Å². The Hall–Kier alpha value is -3.11. The molecule has 1 unspecified atom stereocenters. The van der Waals surface area contributed by atoms with E-state index in [1.165, 1.54) is 0 Å². The number of nitrogens with zero attached hydrogens (tertiary/aromatic N) is 1. The fourth-order valence-corrected chi connectivity index (χ4v) is 3.35. The van der Waals surface area contributed by atoms with Crippen molar-refractivity contribution in [3.63, 3.8) is 0 Å². The minimum Gasteiger partial charge on any atom is -0.491 e. The van der Waals surface area contributed by atoms with Crippen molar-refractivity contribution in [2.24, 2.45) is 0 Å². The summed E-state index contributed by atoms with van der Waals surface area (Å²) < 4.78 is 11.0. The Morgan fingerprint density at radius 3 is 1.93 bits per heavy atom. The number of ether oxygens (including phenoxy) is 2. The Labute approximate surface area is 165 Å². The highest BCUT2D eigenvalue weighted by Gasteiger charge is 2.25. The molecule has 4 rings (SSSR count). The van der Waals surface area contributed by atoms with Crippen LogP contribution < -0.4 is 9.64 Å². The van der Waals surface area contributed by atoms with Crippen molar-refractivity contribution < 1.29 is 14.3 Å². The van der Waals surface area contributed by atoms with Gasteiger partial charge in [-0.15, -0.1) is 0 Å². The molecule has 0 N–H and O–H groups in total. The maximum absolute atomic E-state index is 13.6. The molecule has 142 valence electrons. The van der Waals surface area contributed by atoms with Crippen molar-refractivity contribution in [1.82, 2.24) is 0 Å². The second-order valence-corrected chi connectivity index (χ2v) is 7.01. The van der Waals surface area contributed by atoms with Crippen LogP contribution >= 0.6 is 0 Å². The molecule has 4 heteroatoms. The molecule has 1 saturated heterocycles. The number of aryl methyl sites for hydroxylation is 2. The van der Waals surface area contributed by atoms with E-state index in [1.54, 1.807) is 4.90 Å². The molecule has 3 aromatic rings. The van der Waals surface area contributed by atoms with Crippen LogP contribution in [0.5, 0.6) is 5.75 Å². The second-order valence-electron chi connectivity index (χ2n) is 7.01. The number of anilines is 2. The number of benzene rings is 3. The van der Waals surface area contributed by atoms with E-state index in [4.69, 9.17) is 9.47 Å². The molecular weight excluding hydrogens is 350 g/mol. The summed E-state index contributed by atoms with van der Waals surface area (Å²) >= 11 is 0. The van der Waals surface area contributed by atoms with E-state index < -0.39 is 0 Å². The normalized spacial score (nSPS) is 15.1. The predicted molar refractivity (Wildman–Crippen MR) is 111 cm³/mol. The van der Waals surface area contributed by atoms with E-state index in [9.17, 15) is 4.79 Å². The molecule has 1 aliphatic rings. The van der Waals surface area contributed by atoms with E-state index in [0.29, 0.717) is 12.2 Å². The van der Waals surface area contributed by atoms with Gasteiger partial charge in [-0.3, -0.25) is 9.69 Å². The number of hydrogen-bond acceptors (Lipinski definition) is 3. The average Bonchev–Trinajstić information content (AvgIpc) is 3.52. The van der Waals surface area contributed by atoms with Crippen LogP contribution in [-0.4, -0.2) is 25.2 Å². The van der Waals surface area contributed by atoms with Gasteiger partial charge >= 0.3 is 0 Å². The van der Waals surface area contributed by atoms with Crippen LogP contribution in [0.2, 0.25) is 0 Å². The Kier molecular flexibility index (Phi) is 5.13. The molecule has 4 nitrogen and oxygen atoms in total. The van der Waals surface area contributed by atoms with Gasteiger partial charge in [0.15, 0.2) is 0 Å². The van der Waals surface area contributed by atoms with Crippen molar-refractivity contribution in [2.75, 3.05) is 18.1 Å². The SMILES string of the molecule is Cc1cc(OCC2CO2)cc(C)c1C(=O)N(c1ccccc1)c1ccccc1. The Balaban J connectivity index is 1.70. The summed E-state index contributed by atoms with van der Waals surface area (Å²) in [4.78, 5) is 15.4. The summed E-state index contributed by atoms with van der Waals surface area (Å²) in [6.45, 7) is 5.22. The Bertz CT molecular complexity index is 903. The van der Waals surface area contributed by atoms with Gasteiger partial charge in [0.25, 0.3) is 5.91 Å². The van der Waals surface area contributed by atoms with Gasteiger partial charge in [0.05, 0.1) is 6.61 Å². The summed E-state index contributed by atoms with van der Waals surface area (Å²) in [5, 5.41) is 0. The van der Waals surface area contributed by atoms with E-state index in [2.05, 4.69) is 0 Å². The molecular formula is C24H23NO3. The molecule has 0 bridgehead atoms. The molecule has 0 spiro atoms. The second kappa shape index (κ2) is 7.87. The highest BCUT2D eigenvalue weighted by atomic mass is 16.6. The van der Waals surface area contributed by atoms with E-state index in [1.807, 2.05) is 86.6 Å². The summed E-state index contributed by atoms with van der Waals surface area (Å²) in [6, 6.07) is 23.3. The zero-order valence-corrected chi connectivity index (χ0v) is 16.1. The maximum atomic E-state index is 13.6. The number of para-hydroxylation sites is 2. The molecule has 3 aromatic carbocycles. The molecule has 0 aromatic heterocycles. The molecule has 1 atom stereocenters. The van der Waals surface area contributed by atoms with Gasteiger partial charge in [-0.1, -0.05) is 36.4 Å². The number of amides is 1. The van der Waals surface area contributed by atoms with Crippen LogP contribution in [0.4, 0.5) is 11.4 Å². The predicted octanol–water partition coefficient (Wildman–Crippen LogP) is 5.06. The van der Waals surface area contributed by atoms with Gasteiger partial charge in [-0.25, -0.2) is 0 Å². The number of epoxide rings is 1. The quantitative estimate of drug-likeness (QED) is 0.567. The minimum absolute atomic E-state index is 0.0514. The van der Waals surface area contributed by atoms with Gasteiger partial charge in [0.2, 0.25) is 0 Å². The lowest BCUT2D eigenvalue weighted by atomic mass is 10.00. The van der Waals surface area contributed by atoms with Crippen molar-refractivity contribution in [3.05, 3.63) is 89.5 Å². The third-order valence-electron chi connectivity index (χ3n) is 4.79. The minimum atomic E-state index is -0.0514. The molecule has 1 aliphatic heterocycles. The first-order valence-corrected chi connectivity index (χ1v) is 9.43. The standard InChI is InChI=1S/C24H23NO3/c1-17-13-21(27-15-22-16-28-22)14-18(2)23(17)24(26)25(19-9-5-3-6-10-19)20-11-7-4-8-12-20/h3-14,22H,15-16H2,1-2H3. The fourth-order valence-electron chi connectivity index (χ4n) is 3.35. The zero-order chi connectivity index (χ0) is 19.5. The average molecular weight is 373 g/mol. The largest absolute Gasteiger partial charge is 0.491 e. The third-order valence-corrected chi connectivity index (χ3v) is 4.79. The number of hydrogen-bond donors (Lipinski definition) is 0. The number of carbonyl (C=O) groups excluding carboxylic acids is 1. The van der Waals surface area contributed by atoms with Crippen LogP contribution in [0, 0.1) is 13.8 Å². The van der Waals surface area contributed by atoms with Crippen LogP contribution in [-0.2, 0) is 4.74 Å². The topological polar surface area (TPSA) is 42.1 Å². The monoisotopic (exact) mass is 373 g/mol. The molecule has 0 radical (unpaired) electrons. The smallest absolute Gasteiger partial charge is 0.263 e. The van der Waals surface area contributed by atoms with Crippen molar-refractivity contribution >= 4 is 17.3 Å². The highest BCUT2D eigenvalue weighted by molar-refractivity contribution is 6.12. The summed E-state index contributed by atoms with van der Waals surface area (Å²) in [5.74, 6) is 0.720. The molecule has 0 saturated carbocycles. The first-order chi connectivity index (χ1) is 13.6. The fraction of sp³-hybridized carbons (Fsp3) is 0.208. The molecule has 1 fully saturated rings. The van der Waals surface area contributed by atoms with Crippen molar-refractivity contribution in [2.45, 2.75) is 20.0 Å². The van der Waals surface area contributed by atoms with E-state index in [0.717, 1.165) is 34.9 Å².